The third-order valence-corrected chi connectivity index (χ3v) is 4.27. The van der Waals surface area contributed by atoms with Gasteiger partial charge in [-0.25, -0.2) is 4.98 Å². The fraction of sp³-hybridized carbons (Fsp3) is 0.231. The van der Waals surface area contributed by atoms with Crippen LogP contribution in [-0.2, 0) is 14.4 Å². The minimum absolute atomic E-state index is 0.351. The van der Waals surface area contributed by atoms with Crippen LogP contribution in [0.2, 0.25) is 0 Å². The number of amides is 3. The standard InChI is InChI=1S/C13H15N5O3S/c14-9(19)5-6(11(15)20)10(12(16)21)22-13-17-7-3-1-2-4-8(7)18-13/h1-4,6,10H,5H2,(H2,14,19)(H2,15,20)(H2,16,21)(H,17,18). The lowest BCUT2D eigenvalue weighted by atomic mass is 9.99. The van der Waals surface area contributed by atoms with Crippen molar-refractivity contribution in [3.8, 4) is 0 Å². The van der Waals surface area contributed by atoms with Crippen molar-refractivity contribution >= 4 is 40.5 Å². The summed E-state index contributed by atoms with van der Waals surface area (Å²) in [6.45, 7) is 0. The van der Waals surface area contributed by atoms with Gasteiger partial charge in [-0.3, -0.25) is 14.4 Å². The summed E-state index contributed by atoms with van der Waals surface area (Å²) < 4.78 is 0. The summed E-state index contributed by atoms with van der Waals surface area (Å²) in [5, 5.41) is -0.633. The van der Waals surface area contributed by atoms with Gasteiger partial charge in [-0.05, 0) is 12.1 Å². The van der Waals surface area contributed by atoms with Crippen molar-refractivity contribution in [1.29, 1.82) is 0 Å². The number of nitrogens with two attached hydrogens (primary N) is 3. The summed E-state index contributed by atoms with van der Waals surface area (Å²) in [5.41, 5.74) is 17.2. The van der Waals surface area contributed by atoms with Crippen molar-refractivity contribution in [2.45, 2.75) is 16.8 Å². The molecular weight excluding hydrogens is 306 g/mol. The molecule has 8 nitrogen and oxygen atoms in total. The first-order valence-corrected chi connectivity index (χ1v) is 7.24. The summed E-state index contributed by atoms with van der Waals surface area (Å²) >= 11 is 0.951. The van der Waals surface area contributed by atoms with E-state index in [1.54, 1.807) is 6.07 Å². The van der Waals surface area contributed by atoms with E-state index in [-0.39, 0.29) is 6.42 Å². The molecule has 7 N–H and O–H groups in total. The van der Waals surface area contributed by atoms with Crippen LogP contribution in [-0.4, -0.2) is 32.9 Å². The van der Waals surface area contributed by atoms with Gasteiger partial charge in [0.25, 0.3) is 0 Å². The van der Waals surface area contributed by atoms with Gasteiger partial charge >= 0.3 is 0 Å². The lowest BCUT2D eigenvalue weighted by molar-refractivity contribution is -0.129. The van der Waals surface area contributed by atoms with Gasteiger partial charge in [0.15, 0.2) is 5.16 Å². The van der Waals surface area contributed by atoms with Gasteiger partial charge in [0, 0.05) is 6.42 Å². The van der Waals surface area contributed by atoms with Crippen LogP contribution in [0, 0.1) is 5.92 Å². The molecule has 0 aliphatic rings. The smallest absolute Gasteiger partial charge is 0.231 e. The van der Waals surface area contributed by atoms with Gasteiger partial charge in [-0.2, -0.15) is 0 Å². The molecule has 1 heterocycles. The number of H-pyrrole nitrogens is 1. The number of nitrogens with zero attached hydrogens (tertiary/aromatic N) is 1. The predicted octanol–water partition coefficient (Wildman–Crippen LogP) is -0.514. The zero-order chi connectivity index (χ0) is 16.3. The second kappa shape index (κ2) is 6.48. The van der Waals surface area contributed by atoms with Crippen molar-refractivity contribution in [2.75, 3.05) is 0 Å². The number of aromatic amines is 1. The highest BCUT2D eigenvalue weighted by molar-refractivity contribution is 8.00. The Morgan fingerprint density at radius 1 is 1.14 bits per heavy atom. The molecule has 0 bridgehead atoms. The van der Waals surface area contributed by atoms with Crippen molar-refractivity contribution in [3.63, 3.8) is 0 Å². The average Bonchev–Trinajstić information content (AvgIpc) is 2.84. The molecule has 0 saturated carbocycles. The molecule has 0 fully saturated rings. The molecule has 0 saturated heterocycles. The van der Waals surface area contributed by atoms with Crippen LogP contribution in [0.3, 0.4) is 0 Å². The molecule has 9 heteroatoms. The number of carbonyl (C=O) groups excluding carboxylic acids is 3. The van der Waals surface area contributed by atoms with E-state index in [0.29, 0.717) is 10.7 Å². The van der Waals surface area contributed by atoms with E-state index in [9.17, 15) is 14.4 Å². The quantitative estimate of drug-likeness (QED) is 0.505. The molecule has 2 unspecified atom stereocenters. The highest BCUT2D eigenvalue weighted by Gasteiger charge is 2.34. The van der Waals surface area contributed by atoms with E-state index >= 15 is 0 Å². The second-order valence-corrected chi connectivity index (χ2v) is 5.81. The largest absolute Gasteiger partial charge is 0.370 e. The minimum atomic E-state index is -1.09. The third-order valence-electron chi connectivity index (χ3n) is 3.04. The summed E-state index contributed by atoms with van der Waals surface area (Å²) in [7, 11) is 0. The van der Waals surface area contributed by atoms with Crippen molar-refractivity contribution in [2.24, 2.45) is 23.1 Å². The van der Waals surface area contributed by atoms with E-state index in [0.717, 1.165) is 17.3 Å². The van der Waals surface area contributed by atoms with Crippen molar-refractivity contribution in [3.05, 3.63) is 24.3 Å². The monoisotopic (exact) mass is 321 g/mol. The summed E-state index contributed by atoms with van der Waals surface area (Å²) in [4.78, 5) is 41.5. The van der Waals surface area contributed by atoms with Gasteiger partial charge in [-0.1, -0.05) is 23.9 Å². The van der Waals surface area contributed by atoms with E-state index in [4.69, 9.17) is 17.2 Å². The number of hydrogen-bond donors (Lipinski definition) is 4. The molecule has 2 aromatic rings. The molecular formula is C13H15N5O3S. The zero-order valence-corrected chi connectivity index (χ0v) is 12.3. The van der Waals surface area contributed by atoms with Crippen molar-refractivity contribution < 1.29 is 14.4 Å². The highest BCUT2D eigenvalue weighted by atomic mass is 32.2. The highest BCUT2D eigenvalue weighted by Crippen LogP contribution is 2.29. The van der Waals surface area contributed by atoms with Crippen LogP contribution < -0.4 is 17.2 Å². The van der Waals surface area contributed by atoms with Crippen LogP contribution in [0.25, 0.3) is 11.0 Å². The molecule has 22 heavy (non-hydrogen) atoms. The molecule has 3 amide bonds. The number of nitrogens with one attached hydrogen (secondary N) is 1. The Hall–Kier alpha value is -2.55. The lowest BCUT2D eigenvalue weighted by Crippen LogP contribution is -2.42. The van der Waals surface area contributed by atoms with E-state index < -0.39 is 28.9 Å². The number of aromatic nitrogens is 2. The Labute approximate surface area is 129 Å². The third kappa shape index (κ3) is 3.55. The van der Waals surface area contributed by atoms with Gasteiger partial charge < -0.3 is 22.2 Å². The van der Waals surface area contributed by atoms with Crippen molar-refractivity contribution in [1.82, 2.24) is 9.97 Å². The Morgan fingerprint density at radius 2 is 1.82 bits per heavy atom. The SMILES string of the molecule is NC(=O)CC(C(N)=O)C(Sc1nc2ccccc2[nH]1)C(N)=O. The zero-order valence-electron chi connectivity index (χ0n) is 11.5. The van der Waals surface area contributed by atoms with Gasteiger partial charge in [0.05, 0.1) is 17.0 Å². The van der Waals surface area contributed by atoms with E-state index in [1.165, 1.54) is 0 Å². The minimum Gasteiger partial charge on any atom is -0.370 e. The average molecular weight is 321 g/mol. The maximum Gasteiger partial charge on any atom is 0.231 e. The Balaban J connectivity index is 2.28. The number of hydrogen-bond acceptors (Lipinski definition) is 5. The summed E-state index contributed by atoms with van der Waals surface area (Å²) in [5.74, 6) is -3.41. The van der Waals surface area contributed by atoms with Crippen LogP contribution in [0.15, 0.2) is 29.4 Å². The number of benzene rings is 1. The number of carbonyl (C=O) groups is 3. The normalized spacial score (nSPS) is 13.6. The number of thioether (sulfide) groups is 1. The van der Waals surface area contributed by atoms with Crippen LogP contribution >= 0.6 is 11.8 Å². The second-order valence-electron chi connectivity index (χ2n) is 4.68. The fourth-order valence-corrected chi connectivity index (χ4v) is 3.09. The van der Waals surface area contributed by atoms with Gasteiger partial charge in [-0.15, -0.1) is 0 Å². The number of fused-ring (bicyclic) bond motifs is 1. The fourth-order valence-electron chi connectivity index (χ4n) is 2.02. The summed E-state index contributed by atoms with van der Waals surface area (Å²) in [6.07, 6.45) is -0.351. The number of rotatable bonds is 7. The summed E-state index contributed by atoms with van der Waals surface area (Å²) in [6, 6.07) is 7.27. The van der Waals surface area contributed by atoms with E-state index in [1.807, 2.05) is 18.2 Å². The first-order chi connectivity index (χ1) is 10.4. The molecule has 2 atom stereocenters. The van der Waals surface area contributed by atoms with Crippen LogP contribution in [0.1, 0.15) is 6.42 Å². The Bertz CT molecular complexity index is 696. The maximum atomic E-state index is 11.6. The first-order valence-electron chi connectivity index (χ1n) is 6.37. The number of para-hydroxylation sites is 2. The Morgan fingerprint density at radius 3 is 2.36 bits per heavy atom. The van der Waals surface area contributed by atoms with Gasteiger partial charge in [0.2, 0.25) is 17.7 Å². The van der Waals surface area contributed by atoms with Crippen LogP contribution in [0.5, 0.6) is 0 Å². The number of primary amides is 3. The van der Waals surface area contributed by atoms with Crippen LogP contribution in [0.4, 0.5) is 0 Å². The predicted molar refractivity (Wildman–Crippen MR) is 81.4 cm³/mol. The molecule has 1 aromatic carbocycles. The molecule has 2 rings (SSSR count). The molecule has 0 spiro atoms. The molecule has 0 radical (unpaired) electrons. The maximum absolute atomic E-state index is 11.6. The Kier molecular flexibility index (Phi) is 4.66. The number of imidazole rings is 1. The van der Waals surface area contributed by atoms with E-state index in [2.05, 4.69) is 9.97 Å². The van der Waals surface area contributed by atoms with Gasteiger partial charge in [0.1, 0.15) is 5.25 Å². The molecule has 0 aliphatic heterocycles. The molecule has 1 aromatic heterocycles. The molecule has 116 valence electrons. The topological polar surface area (TPSA) is 158 Å². The molecule has 0 aliphatic carbocycles. The first kappa shape index (κ1) is 15.8. The lowest BCUT2D eigenvalue weighted by Gasteiger charge is -2.19.